The number of benzene rings is 1. The van der Waals surface area contributed by atoms with Crippen LogP contribution in [0.3, 0.4) is 0 Å². The van der Waals surface area contributed by atoms with Crippen LogP contribution in [-0.2, 0) is 23.9 Å². The number of nitrogens with one attached hydrogen (secondary N) is 1. The fraction of sp³-hybridized carbons (Fsp3) is 0.462. The lowest BCUT2D eigenvalue weighted by Gasteiger charge is -2.31. The molecule has 1 aliphatic carbocycles. The summed E-state index contributed by atoms with van der Waals surface area (Å²) in [5, 5.41) is 9.35. The minimum Gasteiger partial charge on any atom is -0.344 e. The lowest BCUT2D eigenvalue weighted by atomic mass is 9.88. The highest BCUT2D eigenvalue weighted by Crippen LogP contribution is 2.33. The minimum absolute atomic E-state index is 0.0116. The first-order chi connectivity index (χ1) is 17.7. The first kappa shape index (κ1) is 25.4. The molecular weight excluding hydrogens is 503 g/mol. The molecule has 0 radical (unpaired) electrons. The van der Waals surface area contributed by atoms with Crippen LogP contribution in [0.1, 0.15) is 75.7 Å². The van der Waals surface area contributed by atoms with Gasteiger partial charge in [-0.3, -0.25) is 14.3 Å². The lowest BCUT2D eigenvalue weighted by Crippen LogP contribution is -2.40. The summed E-state index contributed by atoms with van der Waals surface area (Å²) < 4.78 is 39.8. The molecule has 2 amide bonds. The molecule has 3 aromatic rings. The van der Waals surface area contributed by atoms with E-state index in [0.29, 0.717) is 37.3 Å². The molecule has 37 heavy (non-hydrogen) atoms. The van der Waals surface area contributed by atoms with Gasteiger partial charge in [-0.15, -0.1) is 11.3 Å². The van der Waals surface area contributed by atoms with Gasteiger partial charge in [-0.1, -0.05) is 24.3 Å². The van der Waals surface area contributed by atoms with E-state index in [2.05, 4.69) is 27.5 Å². The molecule has 2 aliphatic rings. The molecule has 0 saturated carbocycles. The third-order valence-corrected chi connectivity index (χ3v) is 8.19. The van der Waals surface area contributed by atoms with Gasteiger partial charge >= 0.3 is 6.18 Å². The van der Waals surface area contributed by atoms with Crippen molar-refractivity contribution in [3.63, 3.8) is 0 Å². The first-order valence-corrected chi connectivity index (χ1v) is 13.3. The molecule has 1 aliphatic heterocycles. The molecule has 196 valence electrons. The van der Waals surface area contributed by atoms with Gasteiger partial charge in [0.25, 0.3) is 5.91 Å². The second kappa shape index (κ2) is 10.3. The summed E-state index contributed by atoms with van der Waals surface area (Å²) in [6, 6.07) is 9.14. The highest BCUT2D eigenvalue weighted by Gasteiger charge is 2.35. The first-order valence-electron chi connectivity index (χ1n) is 12.4. The van der Waals surface area contributed by atoms with E-state index in [0.717, 1.165) is 35.0 Å². The fourth-order valence-corrected chi connectivity index (χ4v) is 6.10. The predicted molar refractivity (Wildman–Crippen MR) is 132 cm³/mol. The second-order valence-electron chi connectivity index (χ2n) is 9.67. The maximum atomic E-state index is 12.9. The average Bonchev–Trinajstić information content (AvgIpc) is 3.52. The van der Waals surface area contributed by atoms with E-state index in [1.54, 1.807) is 10.3 Å². The van der Waals surface area contributed by atoms with Crippen LogP contribution in [-0.4, -0.2) is 44.6 Å². The third kappa shape index (κ3) is 5.56. The van der Waals surface area contributed by atoms with Crippen LogP contribution < -0.4 is 5.32 Å². The van der Waals surface area contributed by atoms with Gasteiger partial charge in [-0.25, -0.2) is 4.98 Å². The molecule has 2 aromatic heterocycles. The topological polar surface area (TPSA) is 80.1 Å². The van der Waals surface area contributed by atoms with Crippen molar-refractivity contribution in [2.75, 3.05) is 13.1 Å². The monoisotopic (exact) mass is 531 g/mol. The van der Waals surface area contributed by atoms with Gasteiger partial charge in [0.05, 0.1) is 11.0 Å². The van der Waals surface area contributed by atoms with Crippen molar-refractivity contribution in [1.29, 1.82) is 0 Å². The number of thiazole rings is 1. The average molecular weight is 532 g/mol. The Morgan fingerprint density at radius 2 is 1.92 bits per heavy atom. The van der Waals surface area contributed by atoms with E-state index in [-0.39, 0.29) is 30.3 Å². The Kier molecular flexibility index (Phi) is 7.06. The standard InChI is InChI=1S/C26H28F3N5O2S/c1-16-13-22(26(27,28)29)32-34(16)14-23(35)33-11-9-18(10-12-33)25-31-21(15-37-25)24(36)30-20-8-4-6-17-5-2-3-7-19(17)20/h2-3,5,7,13,15,18,20H,4,6,8-12,14H2,1H3,(H,30,36)/t20-/m1/s1. The van der Waals surface area contributed by atoms with Gasteiger partial charge in [0.15, 0.2) is 5.69 Å². The highest BCUT2D eigenvalue weighted by atomic mass is 32.1. The molecule has 3 heterocycles. The number of nitrogens with zero attached hydrogens (tertiary/aromatic N) is 4. The van der Waals surface area contributed by atoms with E-state index < -0.39 is 11.9 Å². The number of amides is 2. The van der Waals surface area contributed by atoms with Crippen LogP contribution >= 0.6 is 11.3 Å². The van der Waals surface area contributed by atoms with Gasteiger partial charge < -0.3 is 10.2 Å². The van der Waals surface area contributed by atoms with Gasteiger partial charge in [-0.05, 0) is 56.2 Å². The number of aryl methyl sites for hydroxylation is 2. The Morgan fingerprint density at radius 3 is 2.65 bits per heavy atom. The summed E-state index contributed by atoms with van der Waals surface area (Å²) in [6.07, 6.45) is -0.209. The number of carbonyl (C=O) groups excluding carboxylic acids is 2. The highest BCUT2D eigenvalue weighted by molar-refractivity contribution is 7.09. The minimum atomic E-state index is -4.54. The van der Waals surface area contributed by atoms with Crippen LogP contribution in [0.5, 0.6) is 0 Å². The zero-order chi connectivity index (χ0) is 26.2. The van der Waals surface area contributed by atoms with Crippen molar-refractivity contribution in [2.45, 2.75) is 63.7 Å². The van der Waals surface area contributed by atoms with Gasteiger partial charge in [0.2, 0.25) is 5.91 Å². The summed E-state index contributed by atoms with van der Waals surface area (Å²) in [5.74, 6) is -0.302. The maximum Gasteiger partial charge on any atom is 0.435 e. The Bertz CT molecular complexity index is 1290. The third-order valence-electron chi connectivity index (χ3n) is 7.18. The molecule has 0 bridgehead atoms. The predicted octanol–water partition coefficient (Wildman–Crippen LogP) is 4.88. The largest absolute Gasteiger partial charge is 0.435 e. The molecule has 11 heteroatoms. The van der Waals surface area contributed by atoms with Crippen LogP contribution in [0.2, 0.25) is 0 Å². The molecule has 1 atom stereocenters. The van der Waals surface area contributed by atoms with E-state index in [4.69, 9.17) is 0 Å². The number of hydrogen-bond acceptors (Lipinski definition) is 5. The molecule has 1 N–H and O–H groups in total. The fourth-order valence-electron chi connectivity index (χ4n) is 5.13. The molecule has 0 unspecified atom stereocenters. The summed E-state index contributed by atoms with van der Waals surface area (Å²) in [4.78, 5) is 31.9. The quantitative estimate of drug-likeness (QED) is 0.509. The molecule has 0 spiro atoms. The van der Waals surface area contributed by atoms with Gasteiger partial charge in [0, 0.05) is 30.1 Å². The molecule has 7 nitrogen and oxygen atoms in total. The number of likely N-dealkylation sites (tertiary alicyclic amines) is 1. The molecule has 1 saturated heterocycles. The van der Waals surface area contributed by atoms with Crippen molar-refractivity contribution in [3.05, 3.63) is 68.9 Å². The Morgan fingerprint density at radius 1 is 1.16 bits per heavy atom. The number of fused-ring (bicyclic) bond motifs is 1. The summed E-state index contributed by atoms with van der Waals surface area (Å²) in [7, 11) is 0. The molecule has 1 fully saturated rings. The normalized spacial score (nSPS) is 18.5. The van der Waals surface area contributed by atoms with Crippen molar-refractivity contribution in [1.82, 2.24) is 25.0 Å². The van der Waals surface area contributed by atoms with Crippen molar-refractivity contribution >= 4 is 23.2 Å². The van der Waals surface area contributed by atoms with Gasteiger partial charge in [-0.2, -0.15) is 18.3 Å². The van der Waals surface area contributed by atoms with Crippen LogP contribution in [0, 0.1) is 6.92 Å². The van der Waals surface area contributed by atoms with E-state index >= 15 is 0 Å². The van der Waals surface area contributed by atoms with E-state index in [1.165, 1.54) is 29.4 Å². The Labute approximate surface area is 216 Å². The van der Waals surface area contributed by atoms with E-state index in [1.807, 2.05) is 12.1 Å². The number of aromatic nitrogens is 3. The number of rotatable bonds is 5. The summed E-state index contributed by atoms with van der Waals surface area (Å²) >= 11 is 1.46. The maximum absolute atomic E-state index is 12.9. The van der Waals surface area contributed by atoms with E-state index in [9.17, 15) is 22.8 Å². The van der Waals surface area contributed by atoms with Crippen molar-refractivity contribution in [2.24, 2.45) is 0 Å². The molecule has 1 aromatic carbocycles. The number of alkyl halides is 3. The van der Waals surface area contributed by atoms with Crippen LogP contribution in [0.25, 0.3) is 0 Å². The summed E-state index contributed by atoms with van der Waals surface area (Å²) in [5.41, 5.74) is 2.17. The molecular formula is C26H28F3N5O2S. The smallest absolute Gasteiger partial charge is 0.344 e. The molecule has 5 rings (SSSR count). The van der Waals surface area contributed by atoms with Crippen LogP contribution in [0.15, 0.2) is 35.7 Å². The number of piperidine rings is 1. The van der Waals surface area contributed by atoms with Gasteiger partial charge in [0.1, 0.15) is 12.2 Å². The lowest BCUT2D eigenvalue weighted by molar-refractivity contribution is -0.142. The second-order valence-corrected chi connectivity index (χ2v) is 10.6. The number of halogens is 3. The Hall–Kier alpha value is -3.21. The number of carbonyl (C=O) groups is 2. The SMILES string of the molecule is Cc1cc(C(F)(F)F)nn1CC(=O)N1CCC(c2nc(C(=O)N[C@@H]3CCCc4ccccc43)cs2)CC1. The number of hydrogen-bond donors (Lipinski definition) is 1. The van der Waals surface area contributed by atoms with Crippen LogP contribution in [0.4, 0.5) is 13.2 Å². The van der Waals surface area contributed by atoms with Crippen molar-refractivity contribution < 1.29 is 22.8 Å². The van der Waals surface area contributed by atoms with Crippen molar-refractivity contribution in [3.8, 4) is 0 Å². The Balaban J connectivity index is 1.15. The zero-order valence-electron chi connectivity index (χ0n) is 20.4. The summed E-state index contributed by atoms with van der Waals surface area (Å²) in [6.45, 7) is 2.25. The zero-order valence-corrected chi connectivity index (χ0v) is 21.2.